The number of hydrogen-bond donors (Lipinski definition) is 2. The van der Waals surface area contributed by atoms with Crippen molar-refractivity contribution in [1.29, 1.82) is 0 Å². The molecule has 5 heterocycles. The van der Waals surface area contributed by atoms with Crippen molar-refractivity contribution in [2.45, 2.75) is 57.4 Å². The van der Waals surface area contributed by atoms with Crippen LogP contribution in [0.3, 0.4) is 0 Å². The van der Waals surface area contributed by atoms with Crippen LogP contribution in [0.4, 0.5) is 17.5 Å². The van der Waals surface area contributed by atoms with Gasteiger partial charge in [0.25, 0.3) is 0 Å². The lowest BCUT2D eigenvalue weighted by atomic mass is 9.95. The Bertz CT molecular complexity index is 1180. The predicted molar refractivity (Wildman–Crippen MR) is 154 cm³/mol. The van der Waals surface area contributed by atoms with E-state index >= 15 is 0 Å². The van der Waals surface area contributed by atoms with Gasteiger partial charge in [-0.3, -0.25) is 9.69 Å². The van der Waals surface area contributed by atoms with E-state index in [9.17, 15) is 0 Å². The first-order valence-corrected chi connectivity index (χ1v) is 14.7. The van der Waals surface area contributed by atoms with Crippen LogP contribution in [-0.4, -0.2) is 79.0 Å². The van der Waals surface area contributed by atoms with Gasteiger partial charge in [-0.05, 0) is 62.3 Å². The number of anilines is 3. The van der Waals surface area contributed by atoms with Gasteiger partial charge >= 0.3 is 0 Å². The SMILES string of the molecule is CNC=O.Cc1sc2cnc(Nc3ccc(N4CCC(N5CCOCC5)CC4)nn3)cc2c1C1CCCC1. The van der Waals surface area contributed by atoms with Crippen LogP contribution in [0.2, 0.25) is 0 Å². The number of fused-ring (bicyclic) bond motifs is 1. The van der Waals surface area contributed by atoms with E-state index in [1.165, 1.54) is 53.5 Å². The monoisotopic (exact) mass is 537 g/mol. The molecule has 0 spiro atoms. The van der Waals surface area contributed by atoms with E-state index in [-0.39, 0.29) is 0 Å². The Hall–Kier alpha value is -2.82. The number of nitrogens with one attached hydrogen (secondary N) is 2. The minimum absolute atomic E-state index is 0.625. The van der Waals surface area contributed by atoms with E-state index in [1.54, 1.807) is 12.6 Å². The van der Waals surface area contributed by atoms with E-state index in [0.29, 0.717) is 18.4 Å². The van der Waals surface area contributed by atoms with Gasteiger partial charge in [-0.1, -0.05) is 12.8 Å². The van der Waals surface area contributed by atoms with Crippen LogP contribution < -0.4 is 15.5 Å². The van der Waals surface area contributed by atoms with Gasteiger partial charge in [-0.25, -0.2) is 4.98 Å². The molecule has 204 valence electrons. The molecule has 3 aliphatic rings. The molecule has 0 radical (unpaired) electrons. The number of morpholine rings is 1. The minimum Gasteiger partial charge on any atom is -0.379 e. The number of piperidine rings is 1. The van der Waals surface area contributed by atoms with Gasteiger partial charge in [-0.2, -0.15) is 0 Å². The van der Waals surface area contributed by atoms with E-state index in [2.05, 4.69) is 54.7 Å². The highest BCUT2D eigenvalue weighted by Crippen LogP contribution is 2.43. The number of carbonyl (C=O) groups excluding carboxylic acids is 1. The summed E-state index contributed by atoms with van der Waals surface area (Å²) in [5.41, 5.74) is 1.55. The Kier molecular flexibility index (Phi) is 9.03. The predicted octanol–water partition coefficient (Wildman–Crippen LogP) is 4.46. The third kappa shape index (κ3) is 6.24. The quantitative estimate of drug-likeness (QED) is 0.445. The maximum absolute atomic E-state index is 9.06. The smallest absolute Gasteiger partial charge is 0.206 e. The minimum atomic E-state index is 0.625. The first-order valence-electron chi connectivity index (χ1n) is 13.8. The largest absolute Gasteiger partial charge is 0.379 e. The molecular formula is C28H39N7O2S. The summed E-state index contributed by atoms with van der Waals surface area (Å²) in [6, 6.07) is 6.99. The maximum Gasteiger partial charge on any atom is 0.206 e. The van der Waals surface area contributed by atoms with Gasteiger partial charge in [0.2, 0.25) is 6.41 Å². The topological polar surface area (TPSA) is 95.5 Å². The van der Waals surface area contributed by atoms with Gasteiger partial charge in [0.15, 0.2) is 11.6 Å². The van der Waals surface area contributed by atoms with Crippen LogP contribution >= 0.6 is 11.3 Å². The van der Waals surface area contributed by atoms with Crippen molar-refractivity contribution in [2.75, 3.05) is 56.7 Å². The molecule has 1 saturated carbocycles. The van der Waals surface area contributed by atoms with Crippen molar-refractivity contribution < 1.29 is 9.53 Å². The molecule has 38 heavy (non-hydrogen) atoms. The zero-order valence-corrected chi connectivity index (χ0v) is 23.3. The molecule has 6 rings (SSSR count). The number of ether oxygens (including phenoxy) is 1. The van der Waals surface area contributed by atoms with Crippen LogP contribution in [0, 0.1) is 6.92 Å². The average molecular weight is 538 g/mol. The molecule has 1 aliphatic carbocycles. The molecule has 3 aromatic rings. The van der Waals surface area contributed by atoms with Gasteiger partial charge in [0.1, 0.15) is 5.82 Å². The Balaban J connectivity index is 0.000000689. The molecule has 3 fully saturated rings. The molecular weight excluding hydrogens is 498 g/mol. The second-order valence-corrected chi connectivity index (χ2v) is 11.6. The third-order valence-corrected chi connectivity index (χ3v) is 9.01. The summed E-state index contributed by atoms with van der Waals surface area (Å²) in [6.07, 6.45) is 10.3. The second kappa shape index (κ2) is 12.8. The van der Waals surface area contributed by atoms with Crippen LogP contribution in [0.5, 0.6) is 0 Å². The molecule has 2 saturated heterocycles. The molecule has 1 amide bonds. The first-order chi connectivity index (χ1) is 18.7. The lowest BCUT2D eigenvalue weighted by Gasteiger charge is -2.40. The summed E-state index contributed by atoms with van der Waals surface area (Å²) in [4.78, 5) is 20.1. The van der Waals surface area contributed by atoms with Crippen LogP contribution in [0.25, 0.3) is 10.1 Å². The number of pyridine rings is 1. The number of rotatable bonds is 6. The zero-order chi connectivity index (χ0) is 26.3. The van der Waals surface area contributed by atoms with Crippen LogP contribution in [0.15, 0.2) is 24.4 Å². The van der Waals surface area contributed by atoms with Crippen LogP contribution in [-0.2, 0) is 9.53 Å². The molecule has 10 heteroatoms. The van der Waals surface area contributed by atoms with Gasteiger partial charge in [-0.15, -0.1) is 21.5 Å². The molecule has 3 aromatic heterocycles. The maximum atomic E-state index is 9.06. The molecule has 0 bridgehead atoms. The molecule has 0 unspecified atom stereocenters. The molecule has 2 N–H and O–H groups in total. The Morgan fingerprint density at radius 2 is 1.76 bits per heavy atom. The fourth-order valence-corrected chi connectivity index (χ4v) is 7.13. The van der Waals surface area contributed by atoms with Crippen molar-refractivity contribution >= 4 is 45.3 Å². The Labute approximate surface area is 229 Å². The average Bonchev–Trinajstić information content (AvgIpc) is 3.61. The lowest BCUT2D eigenvalue weighted by Crippen LogP contribution is -2.49. The second-order valence-electron chi connectivity index (χ2n) is 10.3. The van der Waals surface area contributed by atoms with E-state index in [0.717, 1.165) is 56.8 Å². The summed E-state index contributed by atoms with van der Waals surface area (Å²) in [5, 5.41) is 16.0. The van der Waals surface area contributed by atoms with Crippen molar-refractivity contribution in [3.05, 3.63) is 34.8 Å². The highest BCUT2D eigenvalue weighted by atomic mass is 32.1. The fourth-order valence-electron chi connectivity index (χ4n) is 6.03. The lowest BCUT2D eigenvalue weighted by molar-refractivity contribution is -0.109. The third-order valence-electron chi connectivity index (χ3n) is 7.94. The van der Waals surface area contributed by atoms with Crippen molar-refractivity contribution in [3.8, 4) is 0 Å². The van der Waals surface area contributed by atoms with Gasteiger partial charge < -0.3 is 20.3 Å². The van der Waals surface area contributed by atoms with Crippen molar-refractivity contribution in [3.63, 3.8) is 0 Å². The highest BCUT2D eigenvalue weighted by Gasteiger charge is 2.27. The van der Waals surface area contributed by atoms with Gasteiger partial charge in [0.05, 0.1) is 17.9 Å². The van der Waals surface area contributed by atoms with E-state index in [4.69, 9.17) is 9.53 Å². The number of amides is 1. The summed E-state index contributed by atoms with van der Waals surface area (Å²) in [5.74, 6) is 3.26. The summed E-state index contributed by atoms with van der Waals surface area (Å²) >= 11 is 1.87. The van der Waals surface area contributed by atoms with Crippen molar-refractivity contribution in [1.82, 2.24) is 25.4 Å². The number of hydrogen-bond acceptors (Lipinski definition) is 9. The standard InChI is InChI=1S/C26H34N6OS.C2H5NO/c1-18-26(19-4-2-3-5-19)21-16-24(27-17-22(21)34-18)28-23-6-7-25(30-29-23)32-10-8-20(9-11-32)31-12-14-33-15-13-31;1-3-2-4/h6-7,16-17,19-20H,2-5,8-15H2,1H3,(H,27,28,29);2H,1H3,(H,3,4). The number of nitrogens with zero attached hydrogens (tertiary/aromatic N) is 5. The Morgan fingerprint density at radius 1 is 1.03 bits per heavy atom. The Morgan fingerprint density at radius 3 is 2.42 bits per heavy atom. The number of aryl methyl sites for hydroxylation is 1. The normalized spacial score (nSPS) is 19.3. The number of aromatic nitrogens is 3. The molecule has 0 atom stereocenters. The summed E-state index contributed by atoms with van der Waals surface area (Å²) < 4.78 is 6.79. The first kappa shape index (κ1) is 26.8. The molecule has 0 aromatic carbocycles. The number of thiophene rings is 1. The highest BCUT2D eigenvalue weighted by molar-refractivity contribution is 7.19. The summed E-state index contributed by atoms with van der Waals surface area (Å²) in [6.45, 7) is 8.20. The van der Waals surface area contributed by atoms with E-state index in [1.807, 2.05) is 23.6 Å². The summed E-state index contributed by atoms with van der Waals surface area (Å²) in [7, 11) is 1.56. The zero-order valence-electron chi connectivity index (χ0n) is 22.5. The van der Waals surface area contributed by atoms with E-state index < -0.39 is 0 Å². The van der Waals surface area contributed by atoms with Crippen molar-refractivity contribution in [2.24, 2.45) is 0 Å². The molecule has 9 nitrogen and oxygen atoms in total. The van der Waals surface area contributed by atoms with Gasteiger partial charge in [0, 0.05) is 55.7 Å². The molecule has 2 aliphatic heterocycles. The number of carbonyl (C=O) groups is 1. The van der Waals surface area contributed by atoms with Crippen LogP contribution in [0.1, 0.15) is 54.9 Å². The fraction of sp³-hybridized carbons (Fsp3) is 0.571.